The highest BCUT2D eigenvalue weighted by Gasteiger charge is 2.30. The quantitative estimate of drug-likeness (QED) is 0.797. The van der Waals surface area contributed by atoms with Gasteiger partial charge < -0.3 is 20.4 Å². The molecule has 6 heteroatoms. The van der Waals surface area contributed by atoms with Gasteiger partial charge in [-0.15, -0.1) is 0 Å². The minimum Gasteiger partial charge on any atom is -0.338 e. The first-order valence-corrected chi connectivity index (χ1v) is 8.81. The van der Waals surface area contributed by atoms with Gasteiger partial charge in [0.1, 0.15) is 0 Å². The molecule has 1 unspecified atom stereocenters. The predicted octanol–water partition coefficient (Wildman–Crippen LogP) is 0.925. The molecule has 0 aromatic heterocycles. The zero-order valence-electron chi connectivity index (χ0n) is 13.4. The first kappa shape index (κ1) is 15.6. The number of rotatable bonds is 2. The smallest absolute Gasteiger partial charge is 0.317 e. The fraction of sp³-hybridized carbons (Fsp3) is 0.875. The normalized spacial score (nSPS) is 27.0. The fourth-order valence-corrected chi connectivity index (χ4v) is 3.76. The van der Waals surface area contributed by atoms with Crippen molar-refractivity contribution in [1.29, 1.82) is 0 Å². The average Bonchev–Trinajstić information content (AvgIpc) is 3.10. The highest BCUT2D eigenvalue weighted by atomic mass is 16.2. The Morgan fingerprint density at radius 2 is 1.55 bits per heavy atom. The number of urea groups is 1. The molecule has 3 rings (SSSR count). The number of nitrogens with zero attached hydrogens (tertiary/aromatic N) is 2. The first-order chi connectivity index (χ1) is 10.7. The van der Waals surface area contributed by atoms with Crippen LogP contribution in [-0.2, 0) is 4.79 Å². The Bertz CT molecular complexity index is 395. The largest absolute Gasteiger partial charge is 0.338 e. The number of hydrogen-bond donors (Lipinski definition) is 2. The van der Waals surface area contributed by atoms with Crippen molar-refractivity contribution in [3.05, 3.63) is 0 Å². The van der Waals surface area contributed by atoms with Gasteiger partial charge in [0.15, 0.2) is 0 Å². The molecule has 22 heavy (non-hydrogen) atoms. The topological polar surface area (TPSA) is 64.7 Å². The Labute approximate surface area is 132 Å². The van der Waals surface area contributed by atoms with E-state index in [0.717, 1.165) is 32.2 Å². The summed E-state index contributed by atoms with van der Waals surface area (Å²) in [7, 11) is 0. The van der Waals surface area contributed by atoms with Crippen molar-refractivity contribution in [2.45, 2.75) is 57.0 Å². The molecule has 0 spiro atoms. The lowest BCUT2D eigenvalue weighted by Crippen LogP contribution is -2.56. The van der Waals surface area contributed by atoms with Crippen molar-refractivity contribution < 1.29 is 9.59 Å². The second kappa shape index (κ2) is 7.31. The summed E-state index contributed by atoms with van der Waals surface area (Å²) in [6, 6.07) is 0.407. The molecule has 2 heterocycles. The molecule has 0 aromatic rings. The Hall–Kier alpha value is -1.30. The first-order valence-electron chi connectivity index (χ1n) is 8.81. The molecule has 2 saturated heterocycles. The van der Waals surface area contributed by atoms with Gasteiger partial charge in [0.25, 0.3) is 0 Å². The zero-order valence-corrected chi connectivity index (χ0v) is 13.4. The van der Waals surface area contributed by atoms with E-state index in [1.807, 2.05) is 9.80 Å². The van der Waals surface area contributed by atoms with E-state index in [1.165, 1.54) is 19.3 Å². The predicted molar refractivity (Wildman–Crippen MR) is 84.6 cm³/mol. The van der Waals surface area contributed by atoms with Crippen LogP contribution in [0.4, 0.5) is 4.79 Å². The third-order valence-corrected chi connectivity index (χ3v) is 5.17. The Morgan fingerprint density at radius 3 is 2.18 bits per heavy atom. The van der Waals surface area contributed by atoms with Crippen LogP contribution in [-0.4, -0.2) is 66.5 Å². The minimum atomic E-state index is 0.00242. The lowest BCUT2D eigenvalue weighted by molar-refractivity contribution is -0.134. The molecule has 3 aliphatic rings. The highest BCUT2D eigenvalue weighted by molar-refractivity contribution is 5.82. The van der Waals surface area contributed by atoms with E-state index in [2.05, 4.69) is 10.6 Å². The third-order valence-electron chi connectivity index (χ3n) is 5.17. The van der Waals surface area contributed by atoms with Crippen molar-refractivity contribution in [3.8, 4) is 0 Å². The maximum atomic E-state index is 12.3. The molecule has 6 nitrogen and oxygen atoms in total. The van der Waals surface area contributed by atoms with Crippen molar-refractivity contribution in [2.75, 3.05) is 32.7 Å². The van der Waals surface area contributed by atoms with Crippen LogP contribution in [0.15, 0.2) is 0 Å². The maximum absolute atomic E-state index is 12.3. The molecule has 3 amide bonds. The molecule has 3 fully saturated rings. The second-order valence-electron chi connectivity index (χ2n) is 6.75. The number of carbonyl (C=O) groups excluding carboxylic acids is 2. The number of hydrogen-bond acceptors (Lipinski definition) is 3. The maximum Gasteiger partial charge on any atom is 0.317 e. The van der Waals surface area contributed by atoms with Crippen molar-refractivity contribution in [2.24, 2.45) is 0 Å². The van der Waals surface area contributed by atoms with Gasteiger partial charge in [-0.05, 0) is 32.2 Å². The Balaban J connectivity index is 1.42. The van der Waals surface area contributed by atoms with Gasteiger partial charge in [-0.2, -0.15) is 0 Å². The van der Waals surface area contributed by atoms with Crippen molar-refractivity contribution in [3.63, 3.8) is 0 Å². The van der Waals surface area contributed by atoms with E-state index in [-0.39, 0.29) is 18.0 Å². The number of nitrogens with one attached hydrogen (secondary N) is 2. The van der Waals surface area contributed by atoms with E-state index in [1.54, 1.807) is 0 Å². The summed E-state index contributed by atoms with van der Waals surface area (Å²) in [5, 5.41) is 6.42. The highest BCUT2D eigenvalue weighted by Crippen LogP contribution is 2.18. The molecular formula is C16H28N4O2. The summed E-state index contributed by atoms with van der Waals surface area (Å²) in [6.45, 7) is 3.57. The zero-order chi connectivity index (χ0) is 15.4. The molecule has 0 radical (unpaired) electrons. The van der Waals surface area contributed by atoms with Crippen LogP contribution in [0.1, 0.15) is 44.9 Å². The van der Waals surface area contributed by atoms with Crippen LogP contribution in [0.25, 0.3) is 0 Å². The number of carbonyl (C=O) groups is 2. The van der Waals surface area contributed by atoms with E-state index < -0.39 is 0 Å². The molecule has 1 aliphatic carbocycles. The molecule has 1 saturated carbocycles. The van der Waals surface area contributed by atoms with E-state index >= 15 is 0 Å². The molecule has 124 valence electrons. The van der Waals surface area contributed by atoms with Gasteiger partial charge in [-0.1, -0.05) is 19.3 Å². The lowest BCUT2D eigenvalue weighted by atomic mass is 9.96. The summed E-state index contributed by atoms with van der Waals surface area (Å²) in [5.41, 5.74) is 0. The summed E-state index contributed by atoms with van der Waals surface area (Å²) >= 11 is 0. The molecule has 0 bridgehead atoms. The van der Waals surface area contributed by atoms with Crippen LogP contribution in [0.5, 0.6) is 0 Å². The van der Waals surface area contributed by atoms with Crippen molar-refractivity contribution in [1.82, 2.24) is 20.4 Å². The SMILES string of the molecule is O=C(NC1CCCCC1)N1CCN(C(=O)C2CCCN2)CC1. The minimum absolute atomic E-state index is 0.00242. The lowest BCUT2D eigenvalue weighted by Gasteiger charge is -2.37. The number of amides is 3. The van der Waals surface area contributed by atoms with Gasteiger partial charge in [-0.25, -0.2) is 4.79 Å². The van der Waals surface area contributed by atoms with Gasteiger partial charge in [0.2, 0.25) is 5.91 Å². The van der Waals surface area contributed by atoms with E-state index in [0.29, 0.717) is 32.2 Å². The summed E-state index contributed by atoms with van der Waals surface area (Å²) in [4.78, 5) is 28.4. The van der Waals surface area contributed by atoms with Gasteiger partial charge in [-0.3, -0.25) is 4.79 Å². The molecular weight excluding hydrogens is 280 g/mol. The summed E-state index contributed by atoms with van der Waals surface area (Å²) < 4.78 is 0. The third kappa shape index (κ3) is 3.72. The van der Waals surface area contributed by atoms with Gasteiger partial charge in [0.05, 0.1) is 6.04 Å². The average molecular weight is 308 g/mol. The van der Waals surface area contributed by atoms with E-state index in [9.17, 15) is 9.59 Å². The molecule has 2 N–H and O–H groups in total. The van der Waals surface area contributed by atoms with Gasteiger partial charge in [0, 0.05) is 32.2 Å². The Morgan fingerprint density at radius 1 is 0.864 bits per heavy atom. The van der Waals surface area contributed by atoms with Crippen LogP contribution in [0.2, 0.25) is 0 Å². The van der Waals surface area contributed by atoms with Crippen LogP contribution < -0.4 is 10.6 Å². The van der Waals surface area contributed by atoms with Crippen LogP contribution in [0, 0.1) is 0 Å². The standard InChI is InChI=1S/C16H28N4O2/c21-15(14-7-4-8-17-14)19-9-11-20(12-10-19)16(22)18-13-5-2-1-3-6-13/h13-14,17H,1-12H2,(H,18,22). The number of piperazine rings is 1. The van der Waals surface area contributed by atoms with Crippen LogP contribution >= 0.6 is 0 Å². The summed E-state index contributed by atoms with van der Waals surface area (Å²) in [6.07, 6.45) is 7.99. The molecule has 2 aliphatic heterocycles. The molecule has 0 aromatic carbocycles. The van der Waals surface area contributed by atoms with Gasteiger partial charge >= 0.3 is 6.03 Å². The second-order valence-corrected chi connectivity index (χ2v) is 6.75. The monoisotopic (exact) mass is 308 g/mol. The van der Waals surface area contributed by atoms with E-state index in [4.69, 9.17) is 0 Å². The fourth-order valence-electron chi connectivity index (χ4n) is 3.76. The van der Waals surface area contributed by atoms with Crippen LogP contribution in [0.3, 0.4) is 0 Å². The molecule has 1 atom stereocenters. The summed E-state index contributed by atoms with van der Waals surface area (Å²) in [5.74, 6) is 0.213. The van der Waals surface area contributed by atoms with Crippen molar-refractivity contribution >= 4 is 11.9 Å². The Kier molecular flexibility index (Phi) is 5.18.